The molecule has 4 aromatic rings. The summed E-state index contributed by atoms with van der Waals surface area (Å²) in [5.41, 5.74) is 5.02. The molecule has 0 fully saturated rings. The molecule has 3 aromatic carbocycles. The van der Waals surface area contributed by atoms with Crippen LogP contribution < -0.4 is 5.69 Å². The van der Waals surface area contributed by atoms with Crippen molar-refractivity contribution in [3.05, 3.63) is 93.3 Å². The number of nitrogens with zero attached hydrogens (tertiary/aromatic N) is 1. The molecule has 0 atom stereocenters. The van der Waals surface area contributed by atoms with Crippen molar-refractivity contribution < 1.29 is 0 Å². The van der Waals surface area contributed by atoms with Crippen molar-refractivity contribution >= 4 is 27.0 Å². The van der Waals surface area contributed by atoms with Gasteiger partial charge >= 0.3 is 5.69 Å². The molecule has 0 amide bonds. The SMILES string of the molecule is O=c1[nH]c2cc(-c3ccccc3)ccc2n1Cc1ccc(Br)cc1. The molecular formula is C20H15BrN2O. The van der Waals surface area contributed by atoms with Crippen LogP contribution >= 0.6 is 15.9 Å². The highest BCUT2D eigenvalue weighted by molar-refractivity contribution is 9.10. The van der Waals surface area contributed by atoms with Gasteiger partial charge in [0.05, 0.1) is 17.6 Å². The summed E-state index contributed by atoms with van der Waals surface area (Å²) in [6, 6.07) is 24.3. The summed E-state index contributed by atoms with van der Waals surface area (Å²) in [5, 5.41) is 0. The number of aromatic amines is 1. The Morgan fingerprint density at radius 2 is 1.62 bits per heavy atom. The van der Waals surface area contributed by atoms with E-state index in [0.717, 1.165) is 32.2 Å². The monoisotopic (exact) mass is 378 g/mol. The molecule has 4 rings (SSSR count). The first kappa shape index (κ1) is 15.0. The van der Waals surface area contributed by atoms with Crippen molar-refractivity contribution in [3.8, 4) is 11.1 Å². The van der Waals surface area contributed by atoms with E-state index in [4.69, 9.17) is 0 Å². The molecule has 0 bridgehead atoms. The van der Waals surface area contributed by atoms with Crippen LogP contribution in [0.3, 0.4) is 0 Å². The maximum Gasteiger partial charge on any atom is 0.326 e. The molecule has 0 radical (unpaired) electrons. The van der Waals surface area contributed by atoms with Gasteiger partial charge in [-0.15, -0.1) is 0 Å². The second-order valence-corrected chi connectivity index (χ2v) is 6.66. The molecular weight excluding hydrogens is 364 g/mol. The number of nitrogens with one attached hydrogen (secondary N) is 1. The summed E-state index contributed by atoms with van der Waals surface area (Å²) in [6.45, 7) is 0.552. The second-order valence-electron chi connectivity index (χ2n) is 5.74. The fourth-order valence-corrected chi connectivity index (χ4v) is 3.17. The van der Waals surface area contributed by atoms with E-state index in [1.165, 1.54) is 0 Å². The van der Waals surface area contributed by atoms with Gasteiger partial charge in [0.1, 0.15) is 0 Å². The number of halogens is 1. The van der Waals surface area contributed by atoms with Gasteiger partial charge in [-0.2, -0.15) is 0 Å². The third-order valence-electron chi connectivity index (χ3n) is 4.14. The van der Waals surface area contributed by atoms with Crippen molar-refractivity contribution in [2.24, 2.45) is 0 Å². The van der Waals surface area contributed by atoms with E-state index >= 15 is 0 Å². The largest absolute Gasteiger partial charge is 0.326 e. The summed E-state index contributed by atoms with van der Waals surface area (Å²) >= 11 is 3.43. The van der Waals surface area contributed by atoms with Crippen LogP contribution in [-0.2, 0) is 6.54 Å². The number of H-pyrrole nitrogens is 1. The van der Waals surface area contributed by atoms with Crippen molar-refractivity contribution in [1.29, 1.82) is 0 Å². The van der Waals surface area contributed by atoms with Crippen molar-refractivity contribution in [2.75, 3.05) is 0 Å². The first-order valence-electron chi connectivity index (χ1n) is 7.73. The molecule has 3 nitrogen and oxygen atoms in total. The molecule has 1 N–H and O–H groups in total. The third kappa shape index (κ3) is 2.81. The topological polar surface area (TPSA) is 37.8 Å². The van der Waals surface area contributed by atoms with E-state index in [0.29, 0.717) is 6.54 Å². The Labute approximate surface area is 147 Å². The summed E-state index contributed by atoms with van der Waals surface area (Å²) < 4.78 is 2.80. The van der Waals surface area contributed by atoms with Gasteiger partial charge in [-0.1, -0.05) is 64.5 Å². The lowest BCUT2D eigenvalue weighted by atomic mass is 10.1. The summed E-state index contributed by atoms with van der Waals surface area (Å²) in [4.78, 5) is 15.3. The predicted octanol–water partition coefficient (Wildman–Crippen LogP) is 4.81. The zero-order chi connectivity index (χ0) is 16.5. The van der Waals surface area contributed by atoms with Gasteiger partial charge in [0, 0.05) is 4.47 Å². The van der Waals surface area contributed by atoms with E-state index in [9.17, 15) is 4.79 Å². The average molecular weight is 379 g/mol. The maximum absolute atomic E-state index is 12.4. The zero-order valence-corrected chi connectivity index (χ0v) is 14.5. The normalized spacial score (nSPS) is 11.0. The number of hydrogen-bond donors (Lipinski definition) is 1. The molecule has 118 valence electrons. The Morgan fingerprint density at radius 3 is 2.38 bits per heavy atom. The minimum atomic E-state index is -0.0851. The van der Waals surface area contributed by atoms with E-state index in [1.54, 1.807) is 4.57 Å². The van der Waals surface area contributed by atoms with Crippen LogP contribution in [0.1, 0.15) is 5.56 Å². The lowest BCUT2D eigenvalue weighted by Gasteiger charge is -2.05. The second kappa shape index (κ2) is 6.13. The first-order chi connectivity index (χ1) is 11.7. The highest BCUT2D eigenvalue weighted by Gasteiger charge is 2.08. The summed E-state index contributed by atoms with van der Waals surface area (Å²) in [7, 11) is 0. The highest BCUT2D eigenvalue weighted by atomic mass is 79.9. The Hall–Kier alpha value is -2.59. The van der Waals surface area contributed by atoms with Gasteiger partial charge in [0.25, 0.3) is 0 Å². The molecule has 0 aliphatic rings. The van der Waals surface area contributed by atoms with Crippen molar-refractivity contribution in [3.63, 3.8) is 0 Å². The Morgan fingerprint density at radius 1 is 0.875 bits per heavy atom. The Balaban J connectivity index is 1.76. The molecule has 24 heavy (non-hydrogen) atoms. The van der Waals surface area contributed by atoms with E-state index in [1.807, 2.05) is 54.6 Å². The number of aromatic nitrogens is 2. The van der Waals surface area contributed by atoms with Gasteiger partial charge in [-0.25, -0.2) is 4.79 Å². The molecule has 1 heterocycles. The van der Waals surface area contributed by atoms with Crippen molar-refractivity contribution in [1.82, 2.24) is 9.55 Å². The first-order valence-corrected chi connectivity index (χ1v) is 8.52. The predicted molar refractivity (Wildman–Crippen MR) is 101 cm³/mol. The van der Waals surface area contributed by atoms with Crippen LogP contribution in [-0.4, -0.2) is 9.55 Å². The standard InChI is InChI=1S/C20H15BrN2O/c21-17-9-6-14(7-10-17)13-23-19-11-8-16(12-18(19)22-20(23)24)15-4-2-1-3-5-15/h1-12H,13H2,(H,22,24). The number of benzene rings is 3. The number of fused-ring (bicyclic) bond motifs is 1. The molecule has 0 aliphatic heterocycles. The molecule has 0 spiro atoms. The molecule has 0 aliphatic carbocycles. The van der Waals surface area contributed by atoms with Gasteiger partial charge in [0.15, 0.2) is 0 Å². The van der Waals surface area contributed by atoms with Crippen LogP contribution in [0.2, 0.25) is 0 Å². The Bertz CT molecular complexity index is 1050. The fraction of sp³-hybridized carbons (Fsp3) is 0.0500. The number of hydrogen-bond acceptors (Lipinski definition) is 1. The van der Waals surface area contributed by atoms with Crippen LogP contribution in [0.25, 0.3) is 22.2 Å². The van der Waals surface area contributed by atoms with E-state index < -0.39 is 0 Å². The zero-order valence-electron chi connectivity index (χ0n) is 12.9. The minimum absolute atomic E-state index is 0.0851. The minimum Gasteiger partial charge on any atom is -0.306 e. The quantitative estimate of drug-likeness (QED) is 0.545. The smallest absolute Gasteiger partial charge is 0.306 e. The number of imidazole rings is 1. The van der Waals surface area contributed by atoms with Gasteiger partial charge in [-0.05, 0) is 41.0 Å². The van der Waals surface area contributed by atoms with E-state index in [2.05, 4.69) is 39.1 Å². The molecule has 0 unspecified atom stereocenters. The third-order valence-corrected chi connectivity index (χ3v) is 4.66. The molecule has 1 aromatic heterocycles. The summed E-state index contributed by atoms with van der Waals surface area (Å²) in [6.07, 6.45) is 0. The Kier molecular flexibility index (Phi) is 3.82. The van der Waals surface area contributed by atoms with Crippen LogP contribution in [0.5, 0.6) is 0 Å². The van der Waals surface area contributed by atoms with Gasteiger partial charge in [0.2, 0.25) is 0 Å². The lowest BCUT2D eigenvalue weighted by molar-refractivity contribution is 0.787. The highest BCUT2D eigenvalue weighted by Crippen LogP contribution is 2.23. The maximum atomic E-state index is 12.4. The van der Waals surface area contributed by atoms with Crippen molar-refractivity contribution in [2.45, 2.75) is 6.54 Å². The van der Waals surface area contributed by atoms with E-state index in [-0.39, 0.29) is 5.69 Å². The van der Waals surface area contributed by atoms with Crippen LogP contribution in [0.15, 0.2) is 82.1 Å². The van der Waals surface area contributed by atoms with Gasteiger partial charge < -0.3 is 4.98 Å². The number of rotatable bonds is 3. The van der Waals surface area contributed by atoms with Crippen LogP contribution in [0.4, 0.5) is 0 Å². The van der Waals surface area contributed by atoms with Gasteiger partial charge in [-0.3, -0.25) is 4.57 Å². The molecule has 0 saturated heterocycles. The lowest BCUT2D eigenvalue weighted by Crippen LogP contribution is -2.17. The molecule has 0 saturated carbocycles. The average Bonchev–Trinajstić information content (AvgIpc) is 2.92. The molecule has 4 heteroatoms. The van der Waals surface area contributed by atoms with Crippen LogP contribution in [0, 0.1) is 0 Å². The fourth-order valence-electron chi connectivity index (χ4n) is 2.90. The summed E-state index contributed by atoms with van der Waals surface area (Å²) in [5.74, 6) is 0.